The van der Waals surface area contributed by atoms with Crippen LogP contribution < -0.4 is 4.90 Å². The summed E-state index contributed by atoms with van der Waals surface area (Å²) >= 11 is 1.69. The van der Waals surface area contributed by atoms with Crippen molar-refractivity contribution in [3.63, 3.8) is 0 Å². The number of ether oxygens (including phenoxy) is 1. The number of hydrogen-bond donors (Lipinski definition) is 3. The van der Waals surface area contributed by atoms with Gasteiger partial charge in [-0.3, -0.25) is 0 Å². The molecule has 0 bridgehead atoms. The quantitative estimate of drug-likeness (QED) is 0.594. The van der Waals surface area contributed by atoms with Gasteiger partial charge in [0.2, 0.25) is 0 Å². The largest absolute Gasteiger partial charge is 0.392 e. The Morgan fingerprint density at radius 2 is 2.03 bits per heavy atom. The molecule has 2 aliphatic rings. The second-order valence-corrected chi connectivity index (χ2v) is 9.18. The zero-order chi connectivity index (χ0) is 20.7. The van der Waals surface area contributed by atoms with Crippen molar-refractivity contribution in [3.8, 4) is 0 Å². The first kappa shape index (κ1) is 19.7. The van der Waals surface area contributed by atoms with E-state index in [-0.39, 0.29) is 18.2 Å². The SMILES string of the molecule is CC1CC2(CCN1c1n[nH]nc1Cc1ccc(CO)cc1)OCC(O)c1ccsc12. The monoisotopic (exact) mass is 426 g/mol. The van der Waals surface area contributed by atoms with Crippen molar-refractivity contribution in [1.82, 2.24) is 15.4 Å². The first-order valence-corrected chi connectivity index (χ1v) is 11.2. The summed E-state index contributed by atoms with van der Waals surface area (Å²) in [5.74, 6) is 0.894. The minimum Gasteiger partial charge on any atom is -0.392 e. The topological polar surface area (TPSA) is 94.5 Å². The van der Waals surface area contributed by atoms with Crippen LogP contribution in [0.25, 0.3) is 0 Å². The standard InChI is InChI=1S/C22H26N4O3S/c1-14-11-22(20-17(6-9-30-20)19(28)13-29-22)7-8-26(14)21-18(23-25-24-21)10-15-2-4-16(12-27)5-3-15/h2-6,9,14,19,27-28H,7-8,10-13H2,1H3,(H,23,24,25). The number of anilines is 1. The van der Waals surface area contributed by atoms with Crippen LogP contribution in [0.1, 0.15) is 53.1 Å². The first-order chi connectivity index (χ1) is 14.6. The van der Waals surface area contributed by atoms with Gasteiger partial charge in [0.1, 0.15) is 17.4 Å². The number of rotatable bonds is 4. The molecule has 1 spiro atoms. The maximum atomic E-state index is 10.3. The van der Waals surface area contributed by atoms with Gasteiger partial charge in [0.25, 0.3) is 0 Å². The molecule has 8 heteroatoms. The van der Waals surface area contributed by atoms with Gasteiger partial charge in [0, 0.05) is 30.3 Å². The Bertz CT molecular complexity index is 1020. The molecule has 30 heavy (non-hydrogen) atoms. The van der Waals surface area contributed by atoms with E-state index in [0.29, 0.717) is 13.0 Å². The molecule has 0 radical (unpaired) electrons. The van der Waals surface area contributed by atoms with Crippen molar-refractivity contribution in [2.24, 2.45) is 0 Å². The van der Waals surface area contributed by atoms with Crippen molar-refractivity contribution in [3.05, 3.63) is 63.0 Å². The Labute approximate surface area is 179 Å². The lowest BCUT2D eigenvalue weighted by molar-refractivity contribution is -0.118. The lowest BCUT2D eigenvalue weighted by atomic mass is 9.81. The Morgan fingerprint density at radius 1 is 1.23 bits per heavy atom. The summed E-state index contributed by atoms with van der Waals surface area (Å²) in [5.41, 5.74) is 3.67. The summed E-state index contributed by atoms with van der Waals surface area (Å²) in [5, 5.41) is 33.3. The Kier molecular flexibility index (Phi) is 5.10. The summed E-state index contributed by atoms with van der Waals surface area (Å²) in [4.78, 5) is 3.49. The number of hydrogen-bond acceptors (Lipinski definition) is 7. The van der Waals surface area contributed by atoms with Gasteiger partial charge in [0.05, 0.1) is 13.2 Å². The highest BCUT2D eigenvalue weighted by Gasteiger charge is 2.47. The molecule has 3 atom stereocenters. The van der Waals surface area contributed by atoms with Gasteiger partial charge in [0.15, 0.2) is 5.82 Å². The molecule has 4 heterocycles. The predicted molar refractivity (Wildman–Crippen MR) is 115 cm³/mol. The molecule has 158 valence electrons. The fourth-order valence-electron chi connectivity index (χ4n) is 4.76. The molecular weight excluding hydrogens is 400 g/mol. The van der Waals surface area contributed by atoms with Crippen LogP contribution in [0.3, 0.4) is 0 Å². The number of nitrogens with zero attached hydrogens (tertiary/aromatic N) is 3. The molecule has 1 fully saturated rings. The highest BCUT2D eigenvalue weighted by molar-refractivity contribution is 7.10. The second-order valence-electron chi connectivity index (χ2n) is 8.27. The van der Waals surface area contributed by atoms with E-state index in [1.807, 2.05) is 30.3 Å². The third-order valence-electron chi connectivity index (χ3n) is 6.35. The van der Waals surface area contributed by atoms with Crippen molar-refractivity contribution in [2.45, 2.75) is 50.5 Å². The van der Waals surface area contributed by atoms with Gasteiger partial charge in [-0.15, -0.1) is 16.4 Å². The molecule has 3 N–H and O–H groups in total. The number of benzene rings is 1. The number of aromatic amines is 1. The average molecular weight is 427 g/mol. The molecule has 1 aromatic carbocycles. The van der Waals surface area contributed by atoms with Crippen LogP contribution in [0.4, 0.5) is 5.82 Å². The van der Waals surface area contributed by atoms with Crippen molar-refractivity contribution in [1.29, 1.82) is 0 Å². The van der Waals surface area contributed by atoms with E-state index in [1.54, 1.807) is 11.3 Å². The normalized spacial score (nSPS) is 26.2. The fourth-order valence-corrected chi connectivity index (χ4v) is 5.91. The molecule has 7 nitrogen and oxygen atoms in total. The van der Waals surface area contributed by atoms with Gasteiger partial charge >= 0.3 is 0 Å². The van der Waals surface area contributed by atoms with E-state index < -0.39 is 6.10 Å². The number of nitrogens with one attached hydrogen (secondary N) is 1. The predicted octanol–water partition coefficient (Wildman–Crippen LogP) is 2.90. The summed E-state index contributed by atoms with van der Waals surface area (Å²) in [6.07, 6.45) is 1.87. The molecule has 0 aliphatic carbocycles. The van der Waals surface area contributed by atoms with Gasteiger partial charge in [-0.25, -0.2) is 0 Å². The number of aromatic nitrogens is 3. The van der Waals surface area contributed by atoms with E-state index in [9.17, 15) is 10.2 Å². The zero-order valence-corrected chi connectivity index (χ0v) is 17.7. The average Bonchev–Trinajstić information content (AvgIpc) is 3.43. The van der Waals surface area contributed by atoms with Crippen molar-refractivity contribution < 1.29 is 14.9 Å². The minimum absolute atomic E-state index is 0.0492. The Hall–Kier alpha value is -2.26. The maximum Gasteiger partial charge on any atom is 0.174 e. The lowest BCUT2D eigenvalue weighted by Gasteiger charge is -2.47. The first-order valence-electron chi connectivity index (χ1n) is 10.3. The molecule has 5 rings (SSSR count). The van der Waals surface area contributed by atoms with E-state index in [4.69, 9.17) is 4.74 Å². The molecule has 0 saturated carbocycles. The van der Waals surface area contributed by atoms with E-state index in [0.717, 1.165) is 47.6 Å². The van der Waals surface area contributed by atoms with Gasteiger partial charge in [-0.05, 0) is 41.5 Å². The smallest absolute Gasteiger partial charge is 0.174 e. The number of H-pyrrole nitrogens is 1. The Morgan fingerprint density at radius 3 is 2.80 bits per heavy atom. The van der Waals surface area contributed by atoms with Crippen molar-refractivity contribution in [2.75, 3.05) is 18.1 Å². The summed E-state index contributed by atoms with van der Waals surface area (Å²) in [7, 11) is 0. The van der Waals surface area contributed by atoms with Crippen LogP contribution in [-0.2, 0) is 23.4 Å². The van der Waals surface area contributed by atoms with E-state index >= 15 is 0 Å². The number of piperidine rings is 1. The molecular formula is C22H26N4O3S. The number of aliphatic hydroxyl groups is 2. The second kappa shape index (κ2) is 7.77. The van der Waals surface area contributed by atoms with Crippen LogP contribution >= 0.6 is 11.3 Å². The summed E-state index contributed by atoms with van der Waals surface area (Å²) in [6, 6.07) is 10.2. The molecule has 2 aromatic heterocycles. The molecule has 3 unspecified atom stereocenters. The molecule has 0 amide bonds. The number of fused-ring (bicyclic) bond motifs is 2. The lowest BCUT2D eigenvalue weighted by Crippen LogP contribution is -2.51. The van der Waals surface area contributed by atoms with Gasteiger partial charge in [-0.2, -0.15) is 10.3 Å². The summed E-state index contributed by atoms with van der Waals surface area (Å²) < 4.78 is 6.26. The summed E-state index contributed by atoms with van der Waals surface area (Å²) in [6.45, 7) is 3.43. The van der Waals surface area contributed by atoms with Crippen LogP contribution in [-0.4, -0.2) is 44.8 Å². The van der Waals surface area contributed by atoms with Crippen LogP contribution in [0.2, 0.25) is 0 Å². The maximum absolute atomic E-state index is 10.3. The van der Waals surface area contributed by atoms with Gasteiger partial charge in [-0.1, -0.05) is 24.3 Å². The van der Waals surface area contributed by atoms with Gasteiger partial charge < -0.3 is 19.8 Å². The van der Waals surface area contributed by atoms with Crippen LogP contribution in [0.15, 0.2) is 35.7 Å². The van der Waals surface area contributed by atoms with E-state index in [2.05, 4.69) is 32.6 Å². The number of aliphatic hydroxyl groups excluding tert-OH is 2. The highest BCUT2D eigenvalue weighted by Crippen LogP contribution is 2.48. The van der Waals surface area contributed by atoms with Crippen molar-refractivity contribution >= 4 is 17.2 Å². The fraction of sp³-hybridized carbons (Fsp3) is 0.455. The Balaban J connectivity index is 1.35. The molecule has 1 saturated heterocycles. The van der Waals surface area contributed by atoms with Crippen LogP contribution in [0.5, 0.6) is 0 Å². The third kappa shape index (κ3) is 3.33. The zero-order valence-electron chi connectivity index (χ0n) is 16.9. The highest BCUT2D eigenvalue weighted by atomic mass is 32.1. The molecule has 2 aliphatic heterocycles. The third-order valence-corrected chi connectivity index (χ3v) is 7.46. The van der Waals surface area contributed by atoms with E-state index in [1.165, 1.54) is 4.88 Å². The minimum atomic E-state index is -0.524. The number of thiophene rings is 1. The molecule has 3 aromatic rings. The van der Waals surface area contributed by atoms with Crippen LogP contribution in [0, 0.1) is 0 Å².